The maximum absolute atomic E-state index is 5.81. The minimum Gasteiger partial charge on any atom is -0.377 e. The van der Waals surface area contributed by atoms with Crippen molar-refractivity contribution < 1.29 is 4.74 Å². The van der Waals surface area contributed by atoms with Gasteiger partial charge in [0, 0.05) is 13.2 Å². The normalized spacial score (nSPS) is 15.0. The van der Waals surface area contributed by atoms with Crippen LogP contribution in [0.1, 0.15) is 66.7 Å². The average Bonchev–Trinajstić information content (AvgIpc) is 2.28. The number of nitrogens with one attached hydrogen (secondary N) is 1. The molecule has 1 N–H and O–H groups in total. The van der Waals surface area contributed by atoms with Crippen LogP contribution >= 0.6 is 0 Å². The molecule has 0 radical (unpaired) electrons. The first-order chi connectivity index (χ1) is 7.85. The lowest BCUT2D eigenvalue weighted by atomic mass is 9.82. The molecule has 0 saturated heterocycles. The van der Waals surface area contributed by atoms with Crippen LogP contribution in [0.25, 0.3) is 0 Å². The lowest BCUT2D eigenvalue weighted by molar-refractivity contribution is -0.0484. The second-order valence-corrected chi connectivity index (χ2v) is 6.27. The quantitative estimate of drug-likeness (QED) is 0.696. The Morgan fingerprint density at radius 3 is 1.94 bits per heavy atom. The van der Waals surface area contributed by atoms with Gasteiger partial charge in [0.25, 0.3) is 0 Å². The molecule has 2 nitrogen and oxygen atoms in total. The van der Waals surface area contributed by atoms with Gasteiger partial charge in [-0.3, -0.25) is 0 Å². The molecule has 0 bridgehead atoms. The van der Waals surface area contributed by atoms with Crippen LogP contribution in [0.15, 0.2) is 0 Å². The first-order valence-electron chi connectivity index (χ1n) is 7.07. The fourth-order valence-electron chi connectivity index (χ4n) is 2.68. The van der Waals surface area contributed by atoms with Crippen LogP contribution in [0.4, 0.5) is 0 Å². The minimum absolute atomic E-state index is 0.00658. The Balaban J connectivity index is 4.40. The van der Waals surface area contributed by atoms with E-state index in [1.54, 1.807) is 0 Å². The van der Waals surface area contributed by atoms with E-state index in [0.29, 0.717) is 11.5 Å². The zero-order valence-corrected chi connectivity index (χ0v) is 13.0. The predicted octanol–water partition coefficient (Wildman–Crippen LogP) is 4.00. The van der Waals surface area contributed by atoms with E-state index < -0.39 is 0 Å². The van der Waals surface area contributed by atoms with E-state index in [-0.39, 0.29) is 5.60 Å². The number of methoxy groups -OCH3 is 1. The van der Waals surface area contributed by atoms with Crippen LogP contribution < -0.4 is 5.32 Å². The minimum atomic E-state index is 0.00658. The Hall–Kier alpha value is -0.0800. The Bertz CT molecular complexity index is 183. The largest absolute Gasteiger partial charge is 0.377 e. The van der Waals surface area contributed by atoms with Crippen LogP contribution in [-0.4, -0.2) is 25.8 Å². The van der Waals surface area contributed by atoms with Crippen molar-refractivity contribution in [3.05, 3.63) is 0 Å². The van der Waals surface area contributed by atoms with Gasteiger partial charge in [0.05, 0.1) is 5.60 Å². The molecule has 104 valence electrons. The van der Waals surface area contributed by atoms with E-state index in [0.717, 1.165) is 12.8 Å². The number of hydrogen-bond donors (Lipinski definition) is 1. The molecule has 0 aliphatic carbocycles. The predicted molar refractivity (Wildman–Crippen MR) is 76.5 cm³/mol. The van der Waals surface area contributed by atoms with Gasteiger partial charge in [-0.25, -0.2) is 0 Å². The summed E-state index contributed by atoms with van der Waals surface area (Å²) in [5.74, 6) is 0. The van der Waals surface area contributed by atoms with Gasteiger partial charge in [0.2, 0.25) is 0 Å². The second kappa shape index (κ2) is 7.38. The van der Waals surface area contributed by atoms with Crippen molar-refractivity contribution in [1.82, 2.24) is 5.32 Å². The molecule has 0 rings (SSSR count). The van der Waals surface area contributed by atoms with Gasteiger partial charge in [-0.2, -0.15) is 0 Å². The van der Waals surface area contributed by atoms with E-state index in [2.05, 4.69) is 47.0 Å². The summed E-state index contributed by atoms with van der Waals surface area (Å²) in [5.41, 5.74) is 0.444. The van der Waals surface area contributed by atoms with Crippen LogP contribution in [0.2, 0.25) is 0 Å². The fourth-order valence-corrected chi connectivity index (χ4v) is 2.68. The molecular formula is C15H33NO. The van der Waals surface area contributed by atoms with E-state index in [1.807, 2.05) is 7.11 Å². The lowest BCUT2D eigenvalue weighted by Gasteiger charge is -2.39. The zero-order valence-electron chi connectivity index (χ0n) is 13.0. The molecular weight excluding hydrogens is 210 g/mol. The van der Waals surface area contributed by atoms with Crippen LogP contribution in [0, 0.1) is 5.41 Å². The topological polar surface area (TPSA) is 21.3 Å². The lowest BCUT2D eigenvalue weighted by Crippen LogP contribution is -2.50. The summed E-state index contributed by atoms with van der Waals surface area (Å²) in [5, 5.41) is 3.46. The molecule has 0 saturated carbocycles. The van der Waals surface area contributed by atoms with Crippen LogP contribution in [0.5, 0.6) is 0 Å². The van der Waals surface area contributed by atoms with Crippen molar-refractivity contribution >= 4 is 0 Å². The molecule has 0 aliphatic rings. The number of ether oxygens (including phenoxy) is 1. The standard InChI is InChI=1S/C15H33NO/c1-8-15(9-2,17-7)13(16-6)11-10-12-14(3,4)5/h13,16H,8-12H2,1-7H3. The number of likely N-dealkylation sites (N-methyl/N-ethyl adjacent to an activating group) is 1. The summed E-state index contributed by atoms with van der Waals surface area (Å²) in [6.45, 7) is 11.4. The maximum Gasteiger partial charge on any atom is 0.0825 e. The smallest absolute Gasteiger partial charge is 0.0825 e. The molecule has 1 unspecified atom stereocenters. The van der Waals surface area contributed by atoms with Gasteiger partial charge in [-0.05, 0) is 38.1 Å². The third-order valence-corrected chi connectivity index (χ3v) is 4.01. The highest BCUT2D eigenvalue weighted by Gasteiger charge is 2.34. The highest BCUT2D eigenvalue weighted by molar-refractivity contribution is 4.90. The van der Waals surface area contributed by atoms with Gasteiger partial charge >= 0.3 is 0 Å². The number of rotatable bonds is 8. The molecule has 0 fully saturated rings. The second-order valence-electron chi connectivity index (χ2n) is 6.27. The van der Waals surface area contributed by atoms with Crippen LogP contribution in [-0.2, 0) is 4.74 Å². The molecule has 0 aromatic heterocycles. The molecule has 2 heteroatoms. The zero-order chi connectivity index (χ0) is 13.5. The van der Waals surface area contributed by atoms with Gasteiger partial charge < -0.3 is 10.1 Å². The van der Waals surface area contributed by atoms with Gasteiger partial charge in [0.15, 0.2) is 0 Å². The number of hydrogen-bond acceptors (Lipinski definition) is 2. The molecule has 0 aromatic carbocycles. The highest BCUT2D eigenvalue weighted by Crippen LogP contribution is 2.29. The Kier molecular flexibility index (Phi) is 7.34. The third-order valence-electron chi connectivity index (χ3n) is 4.01. The van der Waals surface area contributed by atoms with Crippen molar-refractivity contribution in [3.8, 4) is 0 Å². The molecule has 0 aromatic rings. The molecule has 0 amide bonds. The van der Waals surface area contributed by atoms with Gasteiger partial charge in [-0.15, -0.1) is 0 Å². The van der Waals surface area contributed by atoms with E-state index in [1.165, 1.54) is 19.3 Å². The van der Waals surface area contributed by atoms with E-state index in [4.69, 9.17) is 4.74 Å². The van der Waals surface area contributed by atoms with Gasteiger partial charge in [-0.1, -0.05) is 41.0 Å². The molecule has 17 heavy (non-hydrogen) atoms. The summed E-state index contributed by atoms with van der Waals surface area (Å²) < 4.78 is 5.81. The van der Waals surface area contributed by atoms with Gasteiger partial charge in [0.1, 0.15) is 0 Å². The summed E-state index contributed by atoms with van der Waals surface area (Å²) in [6.07, 6.45) is 5.88. The first-order valence-corrected chi connectivity index (χ1v) is 7.07. The maximum atomic E-state index is 5.81. The SMILES string of the molecule is CCC(CC)(OC)C(CCCC(C)(C)C)NC. The van der Waals surface area contributed by atoms with Crippen LogP contribution in [0.3, 0.4) is 0 Å². The Labute approximate surface area is 109 Å². The fraction of sp³-hybridized carbons (Fsp3) is 1.00. The molecule has 0 heterocycles. The van der Waals surface area contributed by atoms with Crippen molar-refractivity contribution in [2.45, 2.75) is 78.4 Å². The third kappa shape index (κ3) is 5.39. The van der Waals surface area contributed by atoms with Crippen molar-refractivity contribution in [1.29, 1.82) is 0 Å². The Morgan fingerprint density at radius 2 is 1.65 bits per heavy atom. The van der Waals surface area contributed by atoms with E-state index in [9.17, 15) is 0 Å². The molecule has 1 atom stereocenters. The molecule has 0 spiro atoms. The van der Waals surface area contributed by atoms with Crippen molar-refractivity contribution in [2.75, 3.05) is 14.2 Å². The summed E-state index contributed by atoms with van der Waals surface area (Å²) in [7, 11) is 3.90. The summed E-state index contributed by atoms with van der Waals surface area (Å²) >= 11 is 0. The first kappa shape index (κ1) is 16.9. The van der Waals surface area contributed by atoms with Crippen molar-refractivity contribution in [2.24, 2.45) is 5.41 Å². The summed E-state index contributed by atoms with van der Waals surface area (Å²) in [4.78, 5) is 0. The Morgan fingerprint density at radius 1 is 1.12 bits per heavy atom. The average molecular weight is 243 g/mol. The monoisotopic (exact) mass is 243 g/mol. The molecule has 0 aliphatic heterocycles. The summed E-state index contributed by atoms with van der Waals surface area (Å²) in [6, 6.07) is 0.463. The van der Waals surface area contributed by atoms with E-state index >= 15 is 0 Å². The van der Waals surface area contributed by atoms with Crippen molar-refractivity contribution in [3.63, 3.8) is 0 Å². The highest BCUT2D eigenvalue weighted by atomic mass is 16.5.